The minimum Gasteiger partial charge on any atom is -0.211 e. The Hall–Kier alpha value is -0.620. The molecular weight excluding hydrogens is 78.0 g/mol. The van der Waals surface area contributed by atoms with Crippen LogP contribution in [0.4, 0.5) is 0 Å². The summed E-state index contributed by atoms with van der Waals surface area (Å²) in [5.74, 6) is 0. The van der Waals surface area contributed by atoms with Crippen molar-refractivity contribution in [3.63, 3.8) is 0 Å². The molecule has 31 valence electrons. The van der Waals surface area contributed by atoms with E-state index in [2.05, 4.69) is 4.99 Å². The van der Waals surface area contributed by atoms with Crippen LogP contribution in [0.25, 0.3) is 0 Å². The van der Waals surface area contributed by atoms with Gasteiger partial charge in [-0.3, -0.25) is 0 Å². The van der Waals surface area contributed by atoms with Crippen molar-refractivity contribution in [3.8, 4) is 0 Å². The van der Waals surface area contributed by atoms with E-state index in [1.165, 1.54) is 6.08 Å². The summed E-state index contributed by atoms with van der Waals surface area (Å²) < 4.78 is 0. The van der Waals surface area contributed by atoms with Crippen molar-refractivity contribution in [2.75, 3.05) is 0 Å². The van der Waals surface area contributed by atoms with E-state index < -0.39 is 0 Å². The molecule has 6 heavy (non-hydrogen) atoms. The fraction of sp³-hybridized carbons (Fsp3) is 0.500. The summed E-state index contributed by atoms with van der Waals surface area (Å²) in [6, 6.07) is 0.225. The average molecular weight is 82.1 g/mol. The van der Waals surface area contributed by atoms with Crippen LogP contribution in [0, 0.1) is 6.42 Å². The molecule has 0 heterocycles. The van der Waals surface area contributed by atoms with Crippen molar-refractivity contribution in [1.29, 1.82) is 0 Å². The molecule has 0 amide bonds. The maximum Gasteiger partial charge on any atom is 0.235 e. The van der Waals surface area contributed by atoms with Crippen LogP contribution in [0.2, 0.25) is 0 Å². The quantitative estimate of drug-likeness (QED) is 0.330. The summed E-state index contributed by atoms with van der Waals surface area (Å²) in [5.41, 5.74) is 0. The number of isocyanates is 1. The smallest absolute Gasteiger partial charge is 0.211 e. The van der Waals surface area contributed by atoms with Crippen LogP contribution in [0.15, 0.2) is 4.99 Å². The van der Waals surface area contributed by atoms with Crippen molar-refractivity contribution >= 4 is 6.08 Å². The van der Waals surface area contributed by atoms with Crippen molar-refractivity contribution in [2.24, 2.45) is 4.99 Å². The summed E-state index contributed by atoms with van der Waals surface area (Å²) in [7, 11) is 0. The Morgan fingerprint density at radius 2 is 2.67 bits per heavy atom. The molecule has 0 aromatic rings. The molecule has 1 fully saturated rings. The van der Waals surface area contributed by atoms with Crippen molar-refractivity contribution in [3.05, 3.63) is 6.42 Å². The number of carbonyl (C=O) groups excluding carboxylic acids is 1. The Labute approximate surface area is 35.9 Å². The number of hydrogen-bond acceptors (Lipinski definition) is 2. The van der Waals surface area contributed by atoms with E-state index >= 15 is 0 Å². The van der Waals surface area contributed by atoms with Crippen LogP contribution < -0.4 is 0 Å². The summed E-state index contributed by atoms with van der Waals surface area (Å²) in [6.45, 7) is 0. The van der Waals surface area contributed by atoms with Gasteiger partial charge in [-0.1, -0.05) is 0 Å². The molecule has 0 N–H and O–H groups in total. The Kier molecular flexibility index (Phi) is 0.731. The summed E-state index contributed by atoms with van der Waals surface area (Å²) >= 11 is 0. The second-order valence-corrected chi connectivity index (χ2v) is 1.26. The molecule has 0 saturated heterocycles. The highest BCUT2D eigenvalue weighted by atomic mass is 16.1. The predicted octanol–water partition coefficient (Wildman–Crippen LogP) is 0.299. The van der Waals surface area contributed by atoms with Gasteiger partial charge < -0.3 is 0 Å². The third-order valence-corrected chi connectivity index (χ3v) is 0.665. The molecule has 0 unspecified atom stereocenters. The maximum absolute atomic E-state index is 9.34. The van der Waals surface area contributed by atoms with Crippen LogP contribution in [-0.4, -0.2) is 12.1 Å². The lowest BCUT2D eigenvalue weighted by molar-refractivity contribution is 0.563. The molecule has 1 aliphatic carbocycles. The van der Waals surface area contributed by atoms with Gasteiger partial charge >= 0.3 is 0 Å². The van der Waals surface area contributed by atoms with Crippen LogP contribution >= 0.6 is 0 Å². The van der Waals surface area contributed by atoms with E-state index in [1.807, 2.05) is 6.42 Å². The molecule has 1 radical (unpaired) electrons. The minimum atomic E-state index is 0.225. The highest BCUT2D eigenvalue weighted by molar-refractivity contribution is 5.35. The van der Waals surface area contributed by atoms with Crippen molar-refractivity contribution in [2.45, 2.75) is 12.5 Å². The lowest BCUT2D eigenvalue weighted by Crippen LogP contribution is -1.66. The molecule has 1 rings (SSSR count). The van der Waals surface area contributed by atoms with Crippen LogP contribution in [-0.2, 0) is 4.79 Å². The monoisotopic (exact) mass is 82.0 g/mol. The standard InChI is InChI=1S/C4H4NO/c6-3-5-4-1-2-4/h1,4H,2H2/t4-/m0/s1. The Balaban J connectivity index is 2.33. The topological polar surface area (TPSA) is 29.4 Å². The number of aliphatic imine (C=N–C) groups is 1. The van der Waals surface area contributed by atoms with Crippen molar-refractivity contribution in [1.82, 2.24) is 0 Å². The minimum absolute atomic E-state index is 0.225. The Morgan fingerprint density at radius 3 is 2.83 bits per heavy atom. The molecule has 2 nitrogen and oxygen atoms in total. The van der Waals surface area contributed by atoms with Gasteiger partial charge in [0.2, 0.25) is 6.08 Å². The summed E-state index contributed by atoms with van der Waals surface area (Å²) in [6.07, 6.45) is 4.39. The van der Waals surface area contributed by atoms with Crippen LogP contribution in [0.3, 0.4) is 0 Å². The fourth-order valence-electron chi connectivity index (χ4n) is 0.234. The first kappa shape index (κ1) is 3.57. The van der Waals surface area contributed by atoms with Gasteiger partial charge in [-0.05, 0) is 12.8 Å². The highest BCUT2D eigenvalue weighted by Gasteiger charge is 2.19. The highest BCUT2D eigenvalue weighted by Crippen LogP contribution is 2.20. The van der Waals surface area contributed by atoms with Gasteiger partial charge in [-0.15, -0.1) is 0 Å². The van der Waals surface area contributed by atoms with E-state index in [1.54, 1.807) is 0 Å². The van der Waals surface area contributed by atoms with Gasteiger partial charge in [0.1, 0.15) is 0 Å². The zero-order valence-corrected chi connectivity index (χ0v) is 3.22. The van der Waals surface area contributed by atoms with E-state index in [-0.39, 0.29) is 6.04 Å². The second-order valence-electron chi connectivity index (χ2n) is 1.26. The van der Waals surface area contributed by atoms with Crippen LogP contribution in [0.1, 0.15) is 6.42 Å². The third-order valence-electron chi connectivity index (χ3n) is 0.665. The number of rotatable bonds is 1. The van der Waals surface area contributed by atoms with E-state index in [0.29, 0.717) is 0 Å². The zero-order chi connectivity index (χ0) is 4.41. The molecule has 0 aliphatic heterocycles. The molecule has 0 aromatic carbocycles. The predicted molar refractivity (Wildman–Crippen MR) is 20.8 cm³/mol. The summed E-state index contributed by atoms with van der Waals surface area (Å²) in [4.78, 5) is 12.7. The average Bonchev–Trinajstić information content (AvgIpc) is 2.21. The lowest BCUT2D eigenvalue weighted by atomic mass is 10.8. The third kappa shape index (κ3) is 0.661. The van der Waals surface area contributed by atoms with Gasteiger partial charge in [0.25, 0.3) is 0 Å². The second kappa shape index (κ2) is 1.23. The van der Waals surface area contributed by atoms with Gasteiger partial charge in [0.15, 0.2) is 0 Å². The van der Waals surface area contributed by atoms with E-state index in [9.17, 15) is 4.79 Å². The van der Waals surface area contributed by atoms with Crippen molar-refractivity contribution < 1.29 is 4.79 Å². The van der Waals surface area contributed by atoms with Gasteiger partial charge in [-0.2, -0.15) is 0 Å². The molecule has 1 atom stereocenters. The first-order valence-corrected chi connectivity index (χ1v) is 1.84. The van der Waals surface area contributed by atoms with Gasteiger partial charge in [0, 0.05) is 0 Å². The Bertz CT molecular complexity index is 89.7. The first-order valence-electron chi connectivity index (χ1n) is 1.84. The van der Waals surface area contributed by atoms with E-state index in [0.717, 1.165) is 6.42 Å². The Morgan fingerprint density at radius 1 is 2.00 bits per heavy atom. The van der Waals surface area contributed by atoms with Gasteiger partial charge in [-0.25, -0.2) is 9.79 Å². The molecule has 1 saturated carbocycles. The molecule has 1 aliphatic rings. The number of hydrogen-bond donors (Lipinski definition) is 0. The molecule has 0 spiro atoms. The SMILES string of the molecule is O=C=N[C@H]1[CH]C1. The van der Waals surface area contributed by atoms with Crippen LogP contribution in [0.5, 0.6) is 0 Å². The maximum atomic E-state index is 9.34. The van der Waals surface area contributed by atoms with Gasteiger partial charge in [0.05, 0.1) is 6.04 Å². The summed E-state index contributed by atoms with van der Waals surface area (Å²) in [5, 5.41) is 0. The molecule has 0 aromatic heterocycles. The molecular formula is C4H4NO. The first-order chi connectivity index (χ1) is 2.93. The molecule has 2 heteroatoms. The molecule has 0 bridgehead atoms. The zero-order valence-electron chi connectivity index (χ0n) is 3.22. The van der Waals surface area contributed by atoms with E-state index in [4.69, 9.17) is 0 Å². The lowest BCUT2D eigenvalue weighted by Gasteiger charge is -1.62. The largest absolute Gasteiger partial charge is 0.235 e. The normalized spacial score (nSPS) is 19.3. The fourth-order valence-corrected chi connectivity index (χ4v) is 0.234. The number of nitrogens with zero attached hydrogens (tertiary/aromatic N) is 1.